The lowest BCUT2D eigenvalue weighted by Gasteiger charge is -2.37. The Balaban J connectivity index is 1.84. The van der Waals surface area contributed by atoms with Crippen LogP contribution in [-0.4, -0.2) is 60.2 Å². The van der Waals surface area contributed by atoms with Crippen LogP contribution in [-0.2, 0) is 14.4 Å². The number of nitrogens with one attached hydrogen (secondary N) is 1. The molecule has 1 aliphatic rings. The first kappa shape index (κ1) is 22.6. The lowest BCUT2D eigenvalue weighted by atomic mass is 9.94. The smallest absolute Gasteiger partial charge is 0.243 e. The number of amides is 2. The van der Waals surface area contributed by atoms with E-state index < -0.39 is 0 Å². The highest BCUT2D eigenvalue weighted by Gasteiger charge is 2.28. The van der Waals surface area contributed by atoms with Gasteiger partial charge in [0.2, 0.25) is 11.8 Å². The van der Waals surface area contributed by atoms with E-state index in [1.807, 2.05) is 30.0 Å². The third kappa shape index (κ3) is 7.33. The summed E-state index contributed by atoms with van der Waals surface area (Å²) in [6.07, 6.45) is 3.73. The molecule has 0 radical (unpaired) electrons. The van der Waals surface area contributed by atoms with Gasteiger partial charge in [-0.1, -0.05) is 19.1 Å². The molecular weight excluding hydrogens is 368 g/mol. The predicted octanol–water partition coefficient (Wildman–Crippen LogP) is 2.11. The molecule has 29 heavy (non-hydrogen) atoms. The third-order valence-corrected chi connectivity index (χ3v) is 5.14. The van der Waals surface area contributed by atoms with E-state index in [4.69, 9.17) is 0 Å². The van der Waals surface area contributed by atoms with Crippen LogP contribution < -0.4 is 10.2 Å². The molecule has 0 aromatic carbocycles. The Labute approximate surface area is 173 Å². The molecule has 1 fully saturated rings. The van der Waals surface area contributed by atoms with Gasteiger partial charge in [0, 0.05) is 50.8 Å². The highest BCUT2D eigenvalue weighted by molar-refractivity contribution is 5.87. The van der Waals surface area contributed by atoms with Gasteiger partial charge in [-0.2, -0.15) is 0 Å². The molecule has 1 aromatic rings. The van der Waals surface area contributed by atoms with Crippen LogP contribution in [0.3, 0.4) is 0 Å². The first-order valence-electron chi connectivity index (χ1n) is 10.3. The van der Waals surface area contributed by atoms with Gasteiger partial charge in [0.1, 0.15) is 11.6 Å². The summed E-state index contributed by atoms with van der Waals surface area (Å²) in [7, 11) is 0. The molecular formula is C22H32N4O3. The number of piperazine rings is 1. The minimum Gasteiger partial charge on any atom is -0.353 e. The molecule has 1 aromatic heterocycles. The molecule has 2 rings (SSSR count). The monoisotopic (exact) mass is 400 g/mol. The Morgan fingerprint density at radius 3 is 2.55 bits per heavy atom. The Kier molecular flexibility index (Phi) is 8.83. The number of aromatic nitrogens is 1. The molecule has 1 aliphatic heterocycles. The van der Waals surface area contributed by atoms with Crippen molar-refractivity contribution in [3.8, 4) is 0 Å². The summed E-state index contributed by atoms with van der Waals surface area (Å²) in [5.41, 5.74) is 0.979. The normalized spacial score (nSPS) is 15.0. The van der Waals surface area contributed by atoms with E-state index in [1.54, 1.807) is 0 Å². The van der Waals surface area contributed by atoms with Crippen molar-refractivity contribution in [1.29, 1.82) is 0 Å². The van der Waals surface area contributed by atoms with Crippen LogP contribution in [0.15, 0.2) is 30.9 Å². The van der Waals surface area contributed by atoms with Gasteiger partial charge in [-0.25, -0.2) is 4.98 Å². The Hall–Kier alpha value is -2.70. The van der Waals surface area contributed by atoms with E-state index >= 15 is 0 Å². The number of hydrogen-bond donors (Lipinski definition) is 1. The van der Waals surface area contributed by atoms with Crippen molar-refractivity contribution in [2.24, 2.45) is 5.92 Å². The maximum Gasteiger partial charge on any atom is 0.243 e. The molecule has 1 saturated heterocycles. The second-order valence-corrected chi connectivity index (χ2v) is 7.54. The quantitative estimate of drug-likeness (QED) is 0.480. The van der Waals surface area contributed by atoms with Gasteiger partial charge in [-0.05, 0) is 44.9 Å². The van der Waals surface area contributed by atoms with Crippen LogP contribution in [0.25, 0.3) is 0 Å². The number of rotatable bonds is 10. The maximum atomic E-state index is 13.0. The van der Waals surface area contributed by atoms with Crippen molar-refractivity contribution >= 4 is 23.4 Å². The zero-order valence-electron chi connectivity index (χ0n) is 17.5. The Morgan fingerprint density at radius 1 is 1.21 bits per heavy atom. The molecule has 7 nitrogen and oxygen atoms in total. The van der Waals surface area contributed by atoms with E-state index in [1.165, 1.54) is 13.0 Å². The molecule has 1 N–H and O–H groups in total. The molecule has 158 valence electrons. The summed E-state index contributed by atoms with van der Waals surface area (Å²) in [5.74, 6) is 0.561. The average Bonchev–Trinajstić information content (AvgIpc) is 2.71. The van der Waals surface area contributed by atoms with Crippen LogP contribution in [0.2, 0.25) is 0 Å². The summed E-state index contributed by atoms with van der Waals surface area (Å²) in [5, 5.41) is 2.73. The fourth-order valence-electron chi connectivity index (χ4n) is 3.58. The number of aryl methyl sites for hydroxylation is 1. The van der Waals surface area contributed by atoms with Gasteiger partial charge < -0.3 is 19.9 Å². The SMILES string of the molecule is C=CC(=O)NCCCC[C@H](CC(C)=O)C(=O)N1CCN(c2cccc(C)n2)CC1. The zero-order chi connectivity index (χ0) is 21.2. The van der Waals surface area contributed by atoms with Gasteiger partial charge in [0.05, 0.1) is 0 Å². The number of carbonyl (C=O) groups excluding carboxylic acids is 3. The zero-order valence-corrected chi connectivity index (χ0v) is 17.5. The lowest BCUT2D eigenvalue weighted by Crippen LogP contribution is -2.50. The van der Waals surface area contributed by atoms with E-state index in [0.29, 0.717) is 26.1 Å². The minimum atomic E-state index is -0.286. The summed E-state index contributed by atoms with van der Waals surface area (Å²) < 4.78 is 0. The van der Waals surface area contributed by atoms with Gasteiger partial charge in [-0.3, -0.25) is 9.59 Å². The second-order valence-electron chi connectivity index (χ2n) is 7.54. The van der Waals surface area contributed by atoms with E-state index in [0.717, 1.165) is 37.4 Å². The summed E-state index contributed by atoms with van der Waals surface area (Å²) in [6.45, 7) is 10.2. The molecule has 7 heteroatoms. The molecule has 0 spiro atoms. The fourth-order valence-corrected chi connectivity index (χ4v) is 3.58. The molecule has 2 heterocycles. The first-order chi connectivity index (χ1) is 13.9. The predicted molar refractivity (Wildman–Crippen MR) is 114 cm³/mol. The largest absolute Gasteiger partial charge is 0.353 e. The van der Waals surface area contributed by atoms with Crippen LogP contribution in [0.1, 0.15) is 38.3 Å². The molecule has 2 amide bonds. The molecule has 0 aliphatic carbocycles. The highest BCUT2D eigenvalue weighted by atomic mass is 16.2. The van der Waals surface area contributed by atoms with Crippen LogP contribution in [0.5, 0.6) is 0 Å². The number of unbranched alkanes of at least 4 members (excludes halogenated alkanes) is 1. The first-order valence-corrected chi connectivity index (χ1v) is 10.3. The summed E-state index contributed by atoms with van der Waals surface area (Å²) >= 11 is 0. The molecule has 0 bridgehead atoms. The lowest BCUT2D eigenvalue weighted by molar-refractivity contribution is -0.138. The van der Waals surface area contributed by atoms with Crippen molar-refractivity contribution in [2.75, 3.05) is 37.6 Å². The van der Waals surface area contributed by atoms with Gasteiger partial charge in [-0.15, -0.1) is 0 Å². The van der Waals surface area contributed by atoms with E-state index in [2.05, 4.69) is 21.8 Å². The number of ketones is 1. The number of nitrogens with zero attached hydrogens (tertiary/aromatic N) is 3. The number of hydrogen-bond acceptors (Lipinski definition) is 5. The summed E-state index contributed by atoms with van der Waals surface area (Å²) in [4.78, 5) is 44.5. The summed E-state index contributed by atoms with van der Waals surface area (Å²) in [6, 6.07) is 5.96. The van der Waals surface area contributed by atoms with E-state index in [-0.39, 0.29) is 29.9 Å². The number of Topliss-reactive ketones (excluding diaryl/α,β-unsaturated/α-hetero) is 1. The van der Waals surface area contributed by atoms with Crippen molar-refractivity contribution < 1.29 is 14.4 Å². The van der Waals surface area contributed by atoms with Crippen molar-refractivity contribution in [3.63, 3.8) is 0 Å². The number of carbonyl (C=O) groups is 3. The van der Waals surface area contributed by atoms with Crippen molar-refractivity contribution in [3.05, 3.63) is 36.5 Å². The molecule has 0 unspecified atom stereocenters. The van der Waals surface area contributed by atoms with Crippen LogP contribution in [0.4, 0.5) is 5.82 Å². The number of pyridine rings is 1. The van der Waals surface area contributed by atoms with Crippen LogP contribution >= 0.6 is 0 Å². The topological polar surface area (TPSA) is 82.6 Å². The minimum absolute atomic E-state index is 0.0332. The fraction of sp³-hybridized carbons (Fsp3) is 0.545. The molecule has 0 saturated carbocycles. The maximum absolute atomic E-state index is 13.0. The van der Waals surface area contributed by atoms with Crippen LogP contribution in [0, 0.1) is 12.8 Å². The number of anilines is 1. The second kappa shape index (κ2) is 11.3. The van der Waals surface area contributed by atoms with Gasteiger partial charge >= 0.3 is 0 Å². The van der Waals surface area contributed by atoms with Crippen molar-refractivity contribution in [2.45, 2.75) is 39.5 Å². The van der Waals surface area contributed by atoms with E-state index in [9.17, 15) is 14.4 Å². The standard InChI is InChI=1S/C22H32N4O3/c1-4-21(28)23-11-6-5-9-19(16-18(3)27)22(29)26-14-12-25(13-15-26)20-10-7-8-17(2)24-20/h4,7-8,10,19H,1,5-6,9,11-16H2,2-3H3,(H,23,28)/t19-/m1/s1. The Bertz CT molecular complexity index is 727. The van der Waals surface area contributed by atoms with Gasteiger partial charge in [0.15, 0.2) is 0 Å². The average molecular weight is 401 g/mol. The highest BCUT2D eigenvalue weighted by Crippen LogP contribution is 2.20. The molecule has 1 atom stereocenters. The van der Waals surface area contributed by atoms with Gasteiger partial charge in [0.25, 0.3) is 0 Å². The third-order valence-electron chi connectivity index (χ3n) is 5.14. The van der Waals surface area contributed by atoms with Crippen molar-refractivity contribution in [1.82, 2.24) is 15.2 Å². The Morgan fingerprint density at radius 2 is 1.93 bits per heavy atom.